The summed E-state index contributed by atoms with van der Waals surface area (Å²) in [6.07, 6.45) is 2.14. The summed E-state index contributed by atoms with van der Waals surface area (Å²) in [6, 6.07) is 3.87. The summed E-state index contributed by atoms with van der Waals surface area (Å²) < 4.78 is 5.73. The molecule has 0 atom stereocenters. The van der Waals surface area contributed by atoms with Crippen molar-refractivity contribution in [2.45, 2.75) is 26.7 Å². The van der Waals surface area contributed by atoms with Crippen LogP contribution >= 0.6 is 24.2 Å². The molecule has 0 bridgehead atoms. The number of halogens is 1. The first-order chi connectivity index (χ1) is 7.15. The maximum Gasteiger partial charge on any atom is 0.125 e. The van der Waals surface area contributed by atoms with Crippen LogP contribution in [0.5, 0.6) is 5.75 Å². The molecule has 0 unspecified atom stereocenters. The molecule has 84 valence electrons. The van der Waals surface area contributed by atoms with Crippen LogP contribution in [-0.4, -0.2) is 12.4 Å². The minimum absolute atomic E-state index is 0.754. The quantitative estimate of drug-likeness (QED) is 0.608. The van der Waals surface area contributed by atoms with Crippen molar-refractivity contribution >= 4 is 24.2 Å². The number of aryl methyl sites for hydroxylation is 2. The van der Waals surface area contributed by atoms with Gasteiger partial charge in [0.1, 0.15) is 5.75 Å². The molecule has 0 radical (unpaired) electrons. The SMILES string of the molecule is Cc1cc(Cl)cc(C)c1OCCCCS. The molecule has 0 spiro atoms. The second kappa shape index (κ2) is 6.29. The van der Waals surface area contributed by atoms with E-state index in [1.807, 2.05) is 26.0 Å². The zero-order valence-electron chi connectivity index (χ0n) is 9.22. The van der Waals surface area contributed by atoms with Gasteiger partial charge in [0, 0.05) is 5.02 Å². The van der Waals surface area contributed by atoms with E-state index in [1.165, 1.54) is 0 Å². The molecule has 0 fully saturated rings. The average molecular weight is 245 g/mol. The van der Waals surface area contributed by atoms with Gasteiger partial charge in [0.2, 0.25) is 0 Å². The van der Waals surface area contributed by atoms with Gasteiger partial charge in [0.05, 0.1) is 6.61 Å². The molecule has 0 saturated heterocycles. The lowest BCUT2D eigenvalue weighted by Crippen LogP contribution is -2.01. The minimum Gasteiger partial charge on any atom is -0.493 e. The van der Waals surface area contributed by atoms with Crippen molar-refractivity contribution in [3.63, 3.8) is 0 Å². The first-order valence-corrected chi connectivity index (χ1v) is 6.16. The van der Waals surface area contributed by atoms with E-state index in [0.717, 1.165) is 47.1 Å². The smallest absolute Gasteiger partial charge is 0.125 e. The predicted octanol–water partition coefficient (Wildman–Crippen LogP) is 4.05. The van der Waals surface area contributed by atoms with E-state index in [1.54, 1.807) is 0 Å². The van der Waals surface area contributed by atoms with Gasteiger partial charge in [-0.1, -0.05) is 11.6 Å². The van der Waals surface area contributed by atoms with Gasteiger partial charge in [-0.2, -0.15) is 12.6 Å². The third-order valence-corrected chi connectivity index (χ3v) is 2.76. The van der Waals surface area contributed by atoms with Crippen molar-refractivity contribution < 1.29 is 4.74 Å². The molecule has 0 heterocycles. The van der Waals surface area contributed by atoms with Crippen LogP contribution in [-0.2, 0) is 0 Å². The predicted molar refractivity (Wildman–Crippen MR) is 69.5 cm³/mol. The summed E-state index contributed by atoms with van der Waals surface area (Å²) in [4.78, 5) is 0. The van der Waals surface area contributed by atoms with Crippen LogP contribution in [0.15, 0.2) is 12.1 Å². The average Bonchev–Trinajstić information content (AvgIpc) is 2.15. The van der Waals surface area contributed by atoms with Gasteiger partial charge in [-0.3, -0.25) is 0 Å². The molecule has 1 nitrogen and oxygen atoms in total. The Bertz CT molecular complexity index is 302. The van der Waals surface area contributed by atoms with Gasteiger partial charge < -0.3 is 4.74 Å². The number of hydrogen-bond acceptors (Lipinski definition) is 2. The topological polar surface area (TPSA) is 9.23 Å². The summed E-state index contributed by atoms with van der Waals surface area (Å²) in [5.41, 5.74) is 2.21. The molecule has 0 aliphatic heterocycles. The van der Waals surface area contributed by atoms with Gasteiger partial charge in [0.15, 0.2) is 0 Å². The monoisotopic (exact) mass is 244 g/mol. The summed E-state index contributed by atoms with van der Waals surface area (Å²) in [7, 11) is 0. The number of thiol groups is 1. The van der Waals surface area contributed by atoms with Crippen molar-refractivity contribution in [2.75, 3.05) is 12.4 Å². The van der Waals surface area contributed by atoms with Gasteiger partial charge in [-0.05, 0) is 55.7 Å². The summed E-state index contributed by atoms with van der Waals surface area (Å²) >= 11 is 10.1. The first kappa shape index (κ1) is 12.7. The normalized spacial score (nSPS) is 10.4. The molecule has 1 rings (SSSR count). The van der Waals surface area contributed by atoms with Crippen LogP contribution in [0, 0.1) is 13.8 Å². The molecule has 0 aliphatic carbocycles. The Balaban J connectivity index is 2.60. The molecule has 0 N–H and O–H groups in total. The Labute approximate surface area is 102 Å². The van der Waals surface area contributed by atoms with E-state index >= 15 is 0 Å². The van der Waals surface area contributed by atoms with Gasteiger partial charge in [-0.25, -0.2) is 0 Å². The molecule has 0 amide bonds. The van der Waals surface area contributed by atoms with E-state index < -0.39 is 0 Å². The summed E-state index contributed by atoms with van der Waals surface area (Å²) in [5, 5.41) is 0.771. The Morgan fingerprint density at radius 3 is 2.33 bits per heavy atom. The Hall–Kier alpha value is -0.340. The fourth-order valence-corrected chi connectivity index (χ4v) is 2.06. The van der Waals surface area contributed by atoms with Crippen LogP contribution in [0.25, 0.3) is 0 Å². The molecule has 0 aliphatic rings. The van der Waals surface area contributed by atoms with Crippen molar-refractivity contribution in [2.24, 2.45) is 0 Å². The second-order valence-corrected chi connectivity index (χ2v) is 4.53. The van der Waals surface area contributed by atoms with Crippen molar-refractivity contribution in [3.8, 4) is 5.75 Å². The summed E-state index contributed by atoms with van der Waals surface area (Å²) in [5.74, 6) is 1.89. The van der Waals surface area contributed by atoms with Gasteiger partial charge in [-0.15, -0.1) is 0 Å². The van der Waals surface area contributed by atoms with Crippen LogP contribution in [0.4, 0.5) is 0 Å². The van der Waals surface area contributed by atoms with Crippen molar-refractivity contribution in [1.82, 2.24) is 0 Å². The van der Waals surface area contributed by atoms with Crippen LogP contribution in [0.3, 0.4) is 0 Å². The molecule has 1 aromatic rings. The Morgan fingerprint density at radius 2 is 1.80 bits per heavy atom. The van der Waals surface area contributed by atoms with Gasteiger partial charge in [0.25, 0.3) is 0 Å². The van der Waals surface area contributed by atoms with Crippen LogP contribution in [0.2, 0.25) is 5.02 Å². The maximum atomic E-state index is 5.94. The molecular weight excluding hydrogens is 228 g/mol. The van der Waals surface area contributed by atoms with E-state index in [9.17, 15) is 0 Å². The van der Waals surface area contributed by atoms with E-state index in [-0.39, 0.29) is 0 Å². The van der Waals surface area contributed by atoms with Crippen LogP contribution < -0.4 is 4.74 Å². The highest BCUT2D eigenvalue weighted by atomic mass is 35.5. The number of hydrogen-bond donors (Lipinski definition) is 1. The molecule has 3 heteroatoms. The second-order valence-electron chi connectivity index (χ2n) is 3.65. The van der Waals surface area contributed by atoms with Crippen LogP contribution in [0.1, 0.15) is 24.0 Å². The fraction of sp³-hybridized carbons (Fsp3) is 0.500. The zero-order valence-corrected chi connectivity index (χ0v) is 10.9. The largest absolute Gasteiger partial charge is 0.493 e. The highest BCUT2D eigenvalue weighted by molar-refractivity contribution is 7.80. The maximum absolute atomic E-state index is 5.94. The third-order valence-electron chi connectivity index (χ3n) is 2.22. The molecule has 15 heavy (non-hydrogen) atoms. The molecule has 0 aromatic heterocycles. The lowest BCUT2D eigenvalue weighted by atomic mass is 10.1. The number of ether oxygens (including phenoxy) is 1. The lowest BCUT2D eigenvalue weighted by Gasteiger charge is -2.12. The minimum atomic E-state index is 0.754. The van der Waals surface area contributed by atoms with E-state index in [2.05, 4.69) is 12.6 Å². The van der Waals surface area contributed by atoms with E-state index in [4.69, 9.17) is 16.3 Å². The molecular formula is C12H17ClOS. The van der Waals surface area contributed by atoms with Gasteiger partial charge >= 0.3 is 0 Å². The first-order valence-electron chi connectivity index (χ1n) is 5.15. The lowest BCUT2D eigenvalue weighted by molar-refractivity contribution is 0.306. The number of benzene rings is 1. The van der Waals surface area contributed by atoms with Crippen molar-refractivity contribution in [3.05, 3.63) is 28.3 Å². The van der Waals surface area contributed by atoms with E-state index in [0.29, 0.717) is 0 Å². The summed E-state index contributed by atoms with van der Waals surface area (Å²) in [6.45, 7) is 4.80. The molecule has 0 saturated carbocycles. The Kier molecular flexibility index (Phi) is 5.34. The molecule has 1 aromatic carbocycles. The Morgan fingerprint density at radius 1 is 1.20 bits per heavy atom. The van der Waals surface area contributed by atoms with Crippen molar-refractivity contribution in [1.29, 1.82) is 0 Å². The standard InChI is InChI=1S/C12H17ClOS/c1-9-7-11(13)8-10(2)12(9)14-5-3-4-6-15/h7-8,15H,3-6H2,1-2H3. The highest BCUT2D eigenvalue weighted by Gasteiger charge is 2.05. The fourth-order valence-electron chi connectivity index (χ4n) is 1.51. The number of rotatable bonds is 5. The third kappa shape index (κ3) is 3.96. The number of unbranched alkanes of at least 4 members (excludes halogenated alkanes) is 1. The highest BCUT2D eigenvalue weighted by Crippen LogP contribution is 2.27. The zero-order chi connectivity index (χ0) is 11.3.